The van der Waals surface area contributed by atoms with Gasteiger partial charge in [0.15, 0.2) is 5.78 Å². The molecule has 0 radical (unpaired) electrons. The highest BCUT2D eigenvalue weighted by atomic mass is 35.5. The topological polar surface area (TPSA) is 64.0 Å². The highest BCUT2D eigenvalue weighted by molar-refractivity contribution is 6.31. The number of imidazole rings is 1. The van der Waals surface area contributed by atoms with Crippen molar-refractivity contribution in [2.45, 2.75) is 6.92 Å². The summed E-state index contributed by atoms with van der Waals surface area (Å²) in [5.41, 5.74) is 3.43. The third-order valence-corrected chi connectivity index (χ3v) is 5.11. The smallest absolute Gasteiger partial charge is 0.255 e. The molecule has 0 saturated carbocycles. The first-order valence-electron chi connectivity index (χ1n) is 9.08. The summed E-state index contributed by atoms with van der Waals surface area (Å²) in [4.78, 5) is 30.3. The molecule has 0 fully saturated rings. The highest BCUT2D eigenvalue weighted by Gasteiger charge is 2.17. The molecule has 0 aliphatic carbocycles. The molecule has 1 aromatic heterocycles. The molecule has 4 rings (SSSR count). The Balaban J connectivity index is 1.67. The molecule has 0 aliphatic rings. The second-order valence-corrected chi connectivity index (χ2v) is 7.20. The van der Waals surface area contributed by atoms with Crippen molar-refractivity contribution in [3.05, 3.63) is 94.3 Å². The third kappa shape index (κ3) is 3.65. The van der Waals surface area contributed by atoms with Gasteiger partial charge in [-0.2, -0.15) is 0 Å². The lowest BCUT2D eigenvalue weighted by atomic mass is 10.0. The fraction of sp³-hybridized carbons (Fsp3) is 0.0870. The number of nitrogens with one attached hydrogen (secondary N) is 1. The number of amides is 1. The summed E-state index contributed by atoms with van der Waals surface area (Å²) in [5, 5.41) is 3.26. The number of hydrogen-bond acceptors (Lipinski definition) is 3. The fourth-order valence-electron chi connectivity index (χ4n) is 3.21. The van der Waals surface area contributed by atoms with Gasteiger partial charge in [0.2, 0.25) is 0 Å². The Kier molecular flexibility index (Phi) is 4.91. The van der Waals surface area contributed by atoms with Crippen molar-refractivity contribution in [2.75, 3.05) is 5.32 Å². The van der Waals surface area contributed by atoms with Crippen LogP contribution in [0.2, 0.25) is 5.02 Å². The van der Waals surface area contributed by atoms with Crippen LogP contribution in [0.4, 0.5) is 5.69 Å². The largest absolute Gasteiger partial charge is 0.331 e. The van der Waals surface area contributed by atoms with Crippen molar-refractivity contribution in [1.29, 1.82) is 0 Å². The third-order valence-electron chi connectivity index (χ3n) is 4.88. The number of carbonyl (C=O) groups excluding carboxylic acids is 2. The molecule has 1 heterocycles. The Morgan fingerprint density at radius 1 is 0.966 bits per heavy atom. The van der Waals surface area contributed by atoms with Crippen LogP contribution in [0.25, 0.3) is 11.0 Å². The van der Waals surface area contributed by atoms with Crippen LogP contribution in [0.3, 0.4) is 0 Å². The maximum Gasteiger partial charge on any atom is 0.255 e. The van der Waals surface area contributed by atoms with E-state index in [9.17, 15) is 9.59 Å². The number of carbonyl (C=O) groups is 2. The first-order chi connectivity index (χ1) is 13.9. The molecule has 5 nitrogen and oxygen atoms in total. The zero-order chi connectivity index (χ0) is 20.5. The van der Waals surface area contributed by atoms with E-state index in [4.69, 9.17) is 11.6 Å². The molecule has 1 amide bonds. The molecular weight excluding hydrogens is 386 g/mol. The van der Waals surface area contributed by atoms with Crippen molar-refractivity contribution in [2.24, 2.45) is 7.05 Å². The first-order valence-corrected chi connectivity index (χ1v) is 9.45. The van der Waals surface area contributed by atoms with Crippen molar-refractivity contribution < 1.29 is 9.59 Å². The lowest BCUT2D eigenvalue weighted by molar-refractivity contribution is 0.102. The minimum absolute atomic E-state index is 0.209. The molecule has 144 valence electrons. The average molecular weight is 404 g/mol. The zero-order valence-corrected chi connectivity index (χ0v) is 16.7. The van der Waals surface area contributed by atoms with Crippen molar-refractivity contribution in [3.63, 3.8) is 0 Å². The van der Waals surface area contributed by atoms with Gasteiger partial charge in [-0.3, -0.25) is 9.59 Å². The number of ketones is 1. The van der Waals surface area contributed by atoms with Gasteiger partial charge in [-0.1, -0.05) is 41.9 Å². The normalized spacial score (nSPS) is 10.9. The number of anilines is 1. The number of fused-ring (bicyclic) bond motifs is 1. The number of aryl methyl sites for hydroxylation is 2. The Morgan fingerprint density at radius 3 is 2.48 bits per heavy atom. The van der Waals surface area contributed by atoms with Gasteiger partial charge >= 0.3 is 0 Å². The van der Waals surface area contributed by atoms with E-state index in [0.717, 1.165) is 16.9 Å². The Labute approximate surface area is 173 Å². The minimum Gasteiger partial charge on any atom is -0.331 e. The molecule has 0 bridgehead atoms. The number of hydrogen-bond donors (Lipinski definition) is 1. The number of rotatable bonds is 4. The molecule has 0 saturated heterocycles. The van der Waals surface area contributed by atoms with Gasteiger partial charge in [0.05, 0.1) is 16.7 Å². The number of halogens is 1. The van der Waals surface area contributed by atoms with Gasteiger partial charge in [0, 0.05) is 28.8 Å². The van der Waals surface area contributed by atoms with Gasteiger partial charge in [0.1, 0.15) is 5.82 Å². The van der Waals surface area contributed by atoms with E-state index in [1.165, 1.54) is 0 Å². The standard InChI is InChI=1S/C23H18ClN3O2/c1-14-25-20-12-16(8-11-21(20)27(14)2)23(29)26-19-10-9-17(24)13-18(19)22(28)15-6-4-3-5-7-15/h3-13H,1-2H3,(H,26,29). The maximum atomic E-state index is 12.9. The van der Waals surface area contributed by atoms with E-state index in [1.54, 1.807) is 54.6 Å². The van der Waals surface area contributed by atoms with Crippen LogP contribution in [-0.2, 0) is 7.05 Å². The van der Waals surface area contributed by atoms with Crippen molar-refractivity contribution >= 4 is 40.0 Å². The second-order valence-electron chi connectivity index (χ2n) is 6.76. The van der Waals surface area contributed by atoms with Crippen LogP contribution in [0.15, 0.2) is 66.7 Å². The monoisotopic (exact) mass is 403 g/mol. The quantitative estimate of drug-likeness (QED) is 0.487. The second kappa shape index (κ2) is 7.53. The molecule has 6 heteroatoms. The Bertz CT molecular complexity index is 1250. The molecular formula is C23H18ClN3O2. The summed E-state index contributed by atoms with van der Waals surface area (Å²) in [5.74, 6) is 0.338. The summed E-state index contributed by atoms with van der Waals surface area (Å²) < 4.78 is 1.97. The summed E-state index contributed by atoms with van der Waals surface area (Å²) in [6.45, 7) is 1.91. The Morgan fingerprint density at radius 2 is 1.72 bits per heavy atom. The molecule has 29 heavy (non-hydrogen) atoms. The molecule has 0 atom stereocenters. The van der Waals surface area contributed by atoms with Gasteiger partial charge in [-0.05, 0) is 43.3 Å². The van der Waals surface area contributed by atoms with E-state index >= 15 is 0 Å². The van der Waals surface area contributed by atoms with Crippen LogP contribution in [0, 0.1) is 6.92 Å². The number of benzene rings is 3. The van der Waals surface area contributed by atoms with Crippen molar-refractivity contribution in [1.82, 2.24) is 9.55 Å². The van der Waals surface area contributed by atoms with Crippen LogP contribution in [-0.4, -0.2) is 21.2 Å². The SMILES string of the molecule is Cc1nc2cc(C(=O)Nc3ccc(Cl)cc3C(=O)c3ccccc3)ccc2n1C. The molecule has 3 aromatic carbocycles. The van der Waals surface area contributed by atoms with E-state index in [2.05, 4.69) is 10.3 Å². The summed E-state index contributed by atoms with van der Waals surface area (Å²) in [6.07, 6.45) is 0. The van der Waals surface area contributed by atoms with Gasteiger partial charge < -0.3 is 9.88 Å². The number of aromatic nitrogens is 2. The molecule has 4 aromatic rings. The number of nitrogens with zero attached hydrogens (tertiary/aromatic N) is 2. The van der Waals surface area contributed by atoms with E-state index in [-0.39, 0.29) is 11.7 Å². The lowest BCUT2D eigenvalue weighted by Gasteiger charge is -2.11. The van der Waals surface area contributed by atoms with Gasteiger partial charge in [-0.25, -0.2) is 4.98 Å². The fourth-order valence-corrected chi connectivity index (χ4v) is 3.39. The molecule has 0 spiro atoms. The average Bonchev–Trinajstić information content (AvgIpc) is 3.02. The maximum absolute atomic E-state index is 12.9. The molecule has 0 unspecified atom stereocenters. The minimum atomic E-state index is -0.320. The first kappa shape index (κ1) is 18.9. The lowest BCUT2D eigenvalue weighted by Crippen LogP contribution is -2.15. The van der Waals surface area contributed by atoms with Gasteiger partial charge in [-0.15, -0.1) is 0 Å². The highest BCUT2D eigenvalue weighted by Crippen LogP contribution is 2.25. The predicted octanol–water partition coefficient (Wildman–Crippen LogP) is 5.02. The summed E-state index contributed by atoms with van der Waals surface area (Å²) in [7, 11) is 1.93. The predicted molar refractivity (Wildman–Crippen MR) is 115 cm³/mol. The van der Waals surface area contributed by atoms with Gasteiger partial charge in [0.25, 0.3) is 5.91 Å². The molecule has 0 aliphatic heterocycles. The van der Waals surface area contributed by atoms with Crippen LogP contribution >= 0.6 is 11.6 Å². The van der Waals surface area contributed by atoms with Crippen LogP contribution in [0.1, 0.15) is 32.1 Å². The summed E-state index contributed by atoms with van der Waals surface area (Å²) in [6, 6.07) is 19.1. The van der Waals surface area contributed by atoms with E-state index < -0.39 is 0 Å². The zero-order valence-electron chi connectivity index (χ0n) is 15.9. The summed E-state index contributed by atoms with van der Waals surface area (Å²) >= 11 is 6.11. The van der Waals surface area contributed by atoms with E-state index in [1.807, 2.05) is 30.7 Å². The van der Waals surface area contributed by atoms with Crippen LogP contribution < -0.4 is 5.32 Å². The van der Waals surface area contributed by atoms with E-state index in [0.29, 0.717) is 27.4 Å². The van der Waals surface area contributed by atoms with Crippen LogP contribution in [0.5, 0.6) is 0 Å². The van der Waals surface area contributed by atoms with Crippen molar-refractivity contribution in [3.8, 4) is 0 Å². The Hall–Kier alpha value is -3.44. The molecule has 1 N–H and O–H groups in total.